The van der Waals surface area contributed by atoms with Gasteiger partial charge in [0.2, 0.25) is 0 Å². The molecule has 1 aromatic heterocycles. The van der Waals surface area contributed by atoms with Gasteiger partial charge in [0.1, 0.15) is 5.82 Å². The number of rotatable bonds is 5. The van der Waals surface area contributed by atoms with E-state index in [4.69, 9.17) is 0 Å². The predicted molar refractivity (Wildman–Crippen MR) is 67.8 cm³/mol. The van der Waals surface area contributed by atoms with Gasteiger partial charge in [0.15, 0.2) is 0 Å². The maximum Gasteiger partial charge on any atom is 0.127 e. The molecule has 0 saturated carbocycles. The summed E-state index contributed by atoms with van der Waals surface area (Å²) in [7, 11) is 0. The summed E-state index contributed by atoms with van der Waals surface area (Å²) in [6.45, 7) is 8.58. The number of hydrogen-bond donors (Lipinski definition) is 3. The molecule has 90 valence electrons. The average molecular weight is 223 g/mol. The summed E-state index contributed by atoms with van der Waals surface area (Å²) in [4.78, 5) is 4.19. The van der Waals surface area contributed by atoms with Crippen LogP contribution in [-0.2, 0) is 0 Å². The lowest BCUT2D eigenvalue weighted by molar-refractivity contribution is 0.133. The zero-order valence-electron chi connectivity index (χ0n) is 10.4. The average Bonchev–Trinajstić information content (AvgIpc) is 2.17. The quantitative estimate of drug-likeness (QED) is 0.715. The van der Waals surface area contributed by atoms with Crippen LogP contribution in [0.3, 0.4) is 0 Å². The van der Waals surface area contributed by atoms with Crippen molar-refractivity contribution >= 4 is 11.5 Å². The van der Waals surface area contributed by atoms with Gasteiger partial charge in [-0.1, -0.05) is 0 Å². The van der Waals surface area contributed by atoms with Crippen LogP contribution in [0.1, 0.15) is 27.7 Å². The Morgan fingerprint density at radius 1 is 1.50 bits per heavy atom. The molecule has 0 radical (unpaired) electrons. The molecule has 1 unspecified atom stereocenters. The number of hydrogen-bond acceptors (Lipinski definition) is 4. The molecule has 16 heavy (non-hydrogen) atoms. The maximum atomic E-state index is 9.62. The third-order valence-electron chi connectivity index (χ3n) is 2.63. The predicted octanol–water partition coefficient (Wildman–Crippen LogP) is 2.08. The van der Waals surface area contributed by atoms with Crippen LogP contribution in [-0.4, -0.2) is 28.3 Å². The Morgan fingerprint density at radius 2 is 2.19 bits per heavy atom. The summed E-state index contributed by atoms with van der Waals surface area (Å²) >= 11 is 0. The topological polar surface area (TPSA) is 57.2 Å². The molecule has 0 bridgehead atoms. The molecule has 4 nitrogen and oxygen atoms in total. The van der Waals surface area contributed by atoms with Crippen LogP contribution in [0, 0.1) is 0 Å². The van der Waals surface area contributed by atoms with E-state index in [9.17, 15) is 5.11 Å². The van der Waals surface area contributed by atoms with Crippen LogP contribution in [0.4, 0.5) is 11.5 Å². The Balaban J connectivity index is 2.77. The van der Waals surface area contributed by atoms with E-state index >= 15 is 0 Å². The zero-order chi connectivity index (χ0) is 12.2. The molecule has 0 aliphatic heterocycles. The number of nitrogens with one attached hydrogen (secondary N) is 2. The molecule has 1 atom stereocenters. The van der Waals surface area contributed by atoms with Gasteiger partial charge in [0, 0.05) is 24.5 Å². The number of aliphatic hydroxyl groups excluding tert-OH is 1. The lowest BCUT2D eigenvalue weighted by Gasteiger charge is -2.30. The Hall–Kier alpha value is -1.29. The molecule has 1 heterocycles. The zero-order valence-corrected chi connectivity index (χ0v) is 10.4. The SMILES string of the molecule is CCNc1cc(NC(C)(C)C(C)O)ccn1. The molecular weight excluding hydrogens is 202 g/mol. The molecule has 1 rings (SSSR count). The minimum Gasteiger partial charge on any atom is -0.391 e. The van der Waals surface area contributed by atoms with Crippen molar-refractivity contribution in [3.05, 3.63) is 18.3 Å². The van der Waals surface area contributed by atoms with Gasteiger partial charge >= 0.3 is 0 Å². The summed E-state index contributed by atoms with van der Waals surface area (Å²) in [5.41, 5.74) is 0.599. The first-order valence-electron chi connectivity index (χ1n) is 5.62. The highest BCUT2D eigenvalue weighted by molar-refractivity contribution is 5.53. The fourth-order valence-electron chi connectivity index (χ4n) is 1.26. The van der Waals surface area contributed by atoms with Gasteiger partial charge in [-0.15, -0.1) is 0 Å². The van der Waals surface area contributed by atoms with E-state index in [1.807, 2.05) is 32.9 Å². The van der Waals surface area contributed by atoms with Crippen molar-refractivity contribution in [1.82, 2.24) is 4.98 Å². The summed E-state index contributed by atoms with van der Waals surface area (Å²) in [6, 6.07) is 3.83. The van der Waals surface area contributed by atoms with Crippen molar-refractivity contribution in [2.45, 2.75) is 39.3 Å². The van der Waals surface area contributed by atoms with Crippen LogP contribution in [0.2, 0.25) is 0 Å². The standard InChI is InChI=1S/C12H21N3O/c1-5-13-11-8-10(6-7-14-11)15-12(3,4)9(2)16/h6-9,16H,5H2,1-4H3,(H2,13,14,15). The normalized spacial score (nSPS) is 13.3. The highest BCUT2D eigenvalue weighted by Crippen LogP contribution is 2.19. The van der Waals surface area contributed by atoms with Gasteiger partial charge in [0.25, 0.3) is 0 Å². The highest BCUT2D eigenvalue weighted by Gasteiger charge is 2.23. The number of aliphatic hydroxyl groups is 1. The second-order valence-corrected chi connectivity index (χ2v) is 4.48. The second kappa shape index (κ2) is 5.16. The Morgan fingerprint density at radius 3 is 2.75 bits per heavy atom. The lowest BCUT2D eigenvalue weighted by Crippen LogP contribution is -2.41. The minimum absolute atomic E-state index is 0.356. The molecule has 0 aliphatic carbocycles. The largest absolute Gasteiger partial charge is 0.391 e. The molecule has 0 spiro atoms. The Labute approximate surface area is 97.1 Å². The van der Waals surface area contributed by atoms with Crippen LogP contribution in [0.15, 0.2) is 18.3 Å². The fraction of sp³-hybridized carbons (Fsp3) is 0.583. The van der Waals surface area contributed by atoms with E-state index in [0.29, 0.717) is 0 Å². The molecule has 0 amide bonds. The summed E-state index contributed by atoms with van der Waals surface area (Å²) in [5.74, 6) is 0.842. The fourth-order valence-corrected chi connectivity index (χ4v) is 1.26. The van der Waals surface area contributed by atoms with Gasteiger partial charge in [0.05, 0.1) is 11.6 Å². The molecule has 0 saturated heterocycles. The second-order valence-electron chi connectivity index (χ2n) is 4.48. The first-order chi connectivity index (χ1) is 7.45. The molecule has 0 fully saturated rings. The van der Waals surface area contributed by atoms with Crippen LogP contribution >= 0.6 is 0 Å². The van der Waals surface area contributed by atoms with Crippen molar-refractivity contribution in [2.75, 3.05) is 17.2 Å². The number of anilines is 2. The molecule has 0 aromatic carbocycles. The van der Waals surface area contributed by atoms with Gasteiger partial charge < -0.3 is 15.7 Å². The third kappa shape index (κ3) is 3.38. The van der Waals surface area contributed by atoms with Crippen molar-refractivity contribution in [1.29, 1.82) is 0 Å². The molecule has 1 aromatic rings. The maximum absolute atomic E-state index is 9.62. The third-order valence-corrected chi connectivity index (χ3v) is 2.63. The molecule has 4 heteroatoms. The van der Waals surface area contributed by atoms with Gasteiger partial charge in [-0.2, -0.15) is 0 Å². The smallest absolute Gasteiger partial charge is 0.127 e. The van der Waals surface area contributed by atoms with Crippen LogP contribution in [0.5, 0.6) is 0 Å². The van der Waals surface area contributed by atoms with E-state index in [-0.39, 0.29) is 5.54 Å². The number of nitrogens with zero attached hydrogens (tertiary/aromatic N) is 1. The first-order valence-corrected chi connectivity index (χ1v) is 5.62. The summed E-state index contributed by atoms with van der Waals surface area (Å²) in [5, 5.41) is 16.1. The Kier molecular flexibility index (Phi) is 4.12. The van der Waals surface area contributed by atoms with E-state index in [1.165, 1.54) is 0 Å². The Bertz CT molecular complexity index is 337. The van der Waals surface area contributed by atoms with Gasteiger partial charge in [-0.05, 0) is 33.8 Å². The van der Waals surface area contributed by atoms with E-state index in [0.717, 1.165) is 18.1 Å². The molecular formula is C12H21N3O. The van der Waals surface area contributed by atoms with Crippen LogP contribution in [0.25, 0.3) is 0 Å². The van der Waals surface area contributed by atoms with Crippen molar-refractivity contribution in [3.63, 3.8) is 0 Å². The van der Waals surface area contributed by atoms with E-state index < -0.39 is 6.10 Å². The van der Waals surface area contributed by atoms with E-state index in [2.05, 4.69) is 15.6 Å². The lowest BCUT2D eigenvalue weighted by atomic mass is 9.98. The number of pyridine rings is 1. The van der Waals surface area contributed by atoms with E-state index in [1.54, 1.807) is 13.1 Å². The van der Waals surface area contributed by atoms with Crippen LogP contribution < -0.4 is 10.6 Å². The summed E-state index contributed by atoms with van der Waals surface area (Å²) < 4.78 is 0. The highest BCUT2D eigenvalue weighted by atomic mass is 16.3. The van der Waals surface area contributed by atoms with Gasteiger partial charge in [-0.25, -0.2) is 4.98 Å². The number of aromatic nitrogens is 1. The summed E-state index contributed by atoms with van der Waals surface area (Å²) in [6.07, 6.45) is 1.32. The molecule has 3 N–H and O–H groups in total. The molecule has 0 aliphatic rings. The van der Waals surface area contributed by atoms with Gasteiger partial charge in [-0.3, -0.25) is 0 Å². The first kappa shape index (κ1) is 12.8. The van der Waals surface area contributed by atoms with Crippen molar-refractivity contribution in [2.24, 2.45) is 0 Å². The minimum atomic E-state index is -0.428. The monoisotopic (exact) mass is 223 g/mol. The van der Waals surface area contributed by atoms with Crippen molar-refractivity contribution in [3.8, 4) is 0 Å². The van der Waals surface area contributed by atoms with Crippen molar-refractivity contribution < 1.29 is 5.11 Å².